The number of alkyl halides is 6. The largest absolute Gasteiger partial charge is 0.423 e. The Balaban J connectivity index is 0.000000300. The first-order valence-corrected chi connectivity index (χ1v) is 14.7. The summed E-state index contributed by atoms with van der Waals surface area (Å²) in [5, 5.41) is 19.5. The maximum absolute atomic E-state index is 13.0. The van der Waals surface area contributed by atoms with E-state index in [1.807, 2.05) is 16.7 Å². The van der Waals surface area contributed by atoms with Crippen LogP contribution in [-0.2, 0) is 12.4 Å². The first-order chi connectivity index (χ1) is 20.2. The summed E-state index contributed by atoms with van der Waals surface area (Å²) in [5.74, 6) is 0.529. The third-order valence-corrected chi connectivity index (χ3v) is 7.23. The number of anilines is 2. The van der Waals surface area contributed by atoms with Crippen LogP contribution in [0, 0.1) is 27.4 Å². The third-order valence-electron chi connectivity index (χ3n) is 7.23. The SMILES string of the molecule is CCCCCCCCN(C)c1ccc(C#N)c(C(F)(F)F)c1.CCCN(CC1CC1)c1ccc([N+](=O)[O-])c(C(F)(F)F)c1. The number of nitrogens with zero attached hydrogens (tertiary/aromatic N) is 4. The van der Waals surface area contributed by atoms with E-state index >= 15 is 0 Å². The van der Waals surface area contributed by atoms with Gasteiger partial charge in [-0.15, -0.1) is 0 Å². The van der Waals surface area contributed by atoms with Crippen molar-refractivity contribution in [3.63, 3.8) is 0 Å². The smallest absolute Gasteiger partial charge is 0.375 e. The Hall–Kier alpha value is -3.49. The molecule has 1 aliphatic rings. The average Bonchev–Trinajstić information content (AvgIpc) is 3.77. The van der Waals surface area contributed by atoms with Crippen molar-refractivity contribution in [2.45, 2.75) is 84.0 Å². The van der Waals surface area contributed by atoms with Crippen LogP contribution < -0.4 is 9.80 Å². The van der Waals surface area contributed by atoms with Gasteiger partial charge in [0, 0.05) is 44.1 Å². The van der Waals surface area contributed by atoms with E-state index in [0.717, 1.165) is 56.8 Å². The summed E-state index contributed by atoms with van der Waals surface area (Å²) < 4.78 is 77.8. The molecule has 0 amide bonds. The number of nitro benzene ring substituents is 1. The number of nitro groups is 1. The fraction of sp³-hybridized carbons (Fsp3) is 0.581. The Labute approximate surface area is 249 Å². The number of nitriles is 1. The van der Waals surface area contributed by atoms with Gasteiger partial charge in [0.15, 0.2) is 0 Å². The monoisotopic (exact) mass is 614 g/mol. The molecule has 0 aromatic heterocycles. The molecule has 0 spiro atoms. The molecule has 0 N–H and O–H groups in total. The van der Waals surface area contributed by atoms with Crippen LogP contribution in [0.1, 0.15) is 88.3 Å². The third kappa shape index (κ3) is 11.6. The first-order valence-electron chi connectivity index (χ1n) is 14.7. The lowest BCUT2D eigenvalue weighted by Crippen LogP contribution is -2.27. The van der Waals surface area contributed by atoms with Gasteiger partial charge < -0.3 is 9.80 Å². The highest BCUT2D eigenvalue weighted by molar-refractivity contribution is 5.57. The highest BCUT2D eigenvalue weighted by atomic mass is 19.4. The zero-order chi connectivity index (χ0) is 32.2. The minimum Gasteiger partial charge on any atom is -0.375 e. The molecule has 0 heterocycles. The molecule has 6 nitrogen and oxygen atoms in total. The Morgan fingerprint density at radius 2 is 1.44 bits per heavy atom. The molecule has 238 valence electrons. The minimum absolute atomic E-state index is 0.329. The quantitative estimate of drug-likeness (QED) is 0.0917. The van der Waals surface area contributed by atoms with Gasteiger partial charge in [-0.1, -0.05) is 46.0 Å². The van der Waals surface area contributed by atoms with E-state index in [4.69, 9.17) is 5.26 Å². The standard InChI is InChI=1S/C17H23F3N2.C14H17F3N2O2/c1-3-4-5-6-7-8-11-22(2)15-10-9-14(13-21)16(12-15)17(18,19)20;1-2-7-18(9-10-3-4-10)11-5-6-13(19(20)21)12(8-11)14(15,16)17/h9-10,12H,3-8,11H2,1-2H3;5-6,8,10H,2-4,7,9H2,1H3. The molecule has 0 bridgehead atoms. The predicted octanol–water partition coefficient (Wildman–Crippen LogP) is 9.61. The van der Waals surface area contributed by atoms with Crippen molar-refractivity contribution in [3.8, 4) is 6.07 Å². The lowest BCUT2D eigenvalue weighted by molar-refractivity contribution is -0.388. The minimum atomic E-state index is -4.73. The van der Waals surface area contributed by atoms with Gasteiger partial charge in [0.05, 0.1) is 22.1 Å². The molecule has 0 aliphatic heterocycles. The van der Waals surface area contributed by atoms with Crippen LogP contribution >= 0.6 is 0 Å². The highest BCUT2D eigenvalue weighted by Crippen LogP contribution is 2.39. The second-order valence-corrected chi connectivity index (χ2v) is 10.9. The molecular formula is C31H40F6N4O2. The van der Waals surface area contributed by atoms with Gasteiger partial charge in [-0.05, 0) is 61.9 Å². The van der Waals surface area contributed by atoms with Gasteiger partial charge in [0.25, 0.3) is 5.69 Å². The molecule has 0 atom stereocenters. The molecule has 2 aromatic carbocycles. The van der Waals surface area contributed by atoms with Gasteiger partial charge >= 0.3 is 12.4 Å². The van der Waals surface area contributed by atoms with E-state index < -0.39 is 34.1 Å². The van der Waals surface area contributed by atoms with Crippen molar-refractivity contribution in [1.82, 2.24) is 0 Å². The number of unbranched alkanes of at least 4 members (excludes halogenated alkanes) is 5. The average molecular weight is 615 g/mol. The second-order valence-electron chi connectivity index (χ2n) is 10.9. The zero-order valence-corrected chi connectivity index (χ0v) is 24.9. The van der Waals surface area contributed by atoms with E-state index in [0.29, 0.717) is 30.4 Å². The van der Waals surface area contributed by atoms with Crippen LogP contribution in [0.15, 0.2) is 36.4 Å². The van der Waals surface area contributed by atoms with Gasteiger partial charge in [0.1, 0.15) is 5.56 Å². The summed E-state index contributed by atoms with van der Waals surface area (Å²) in [5.41, 5.74) is -2.36. The molecule has 2 aromatic rings. The van der Waals surface area contributed by atoms with Gasteiger partial charge in [-0.2, -0.15) is 31.6 Å². The van der Waals surface area contributed by atoms with Crippen LogP contribution in [0.25, 0.3) is 0 Å². The van der Waals surface area contributed by atoms with Gasteiger partial charge in [-0.25, -0.2) is 0 Å². The lowest BCUT2D eigenvalue weighted by Gasteiger charge is -2.25. The number of hydrogen-bond donors (Lipinski definition) is 0. The maximum atomic E-state index is 13.0. The van der Waals surface area contributed by atoms with E-state index in [2.05, 4.69) is 6.92 Å². The van der Waals surface area contributed by atoms with Crippen molar-refractivity contribution in [2.75, 3.05) is 36.5 Å². The summed E-state index contributed by atoms with van der Waals surface area (Å²) in [6, 6.07) is 8.75. The number of hydrogen-bond acceptors (Lipinski definition) is 5. The zero-order valence-electron chi connectivity index (χ0n) is 24.9. The molecule has 12 heteroatoms. The number of benzene rings is 2. The molecule has 1 fully saturated rings. The molecule has 0 unspecified atom stereocenters. The van der Waals surface area contributed by atoms with E-state index in [1.54, 1.807) is 19.2 Å². The molecule has 0 saturated heterocycles. The molecule has 1 aliphatic carbocycles. The molecule has 1 saturated carbocycles. The summed E-state index contributed by atoms with van der Waals surface area (Å²) in [4.78, 5) is 13.5. The van der Waals surface area contributed by atoms with E-state index in [1.165, 1.54) is 37.8 Å². The first kappa shape index (κ1) is 35.7. The normalized spacial score (nSPS) is 13.1. The summed E-state index contributed by atoms with van der Waals surface area (Å²) in [6.07, 6.45) is 0.653. The van der Waals surface area contributed by atoms with Crippen molar-refractivity contribution in [2.24, 2.45) is 5.92 Å². The molecule has 3 rings (SSSR count). The maximum Gasteiger partial charge on any atom is 0.423 e. The molecule has 0 radical (unpaired) electrons. The summed E-state index contributed by atoms with van der Waals surface area (Å²) in [6.45, 7) is 6.19. The van der Waals surface area contributed by atoms with Gasteiger partial charge in [-0.3, -0.25) is 10.1 Å². The van der Waals surface area contributed by atoms with Crippen LogP contribution in [0.4, 0.5) is 43.4 Å². The van der Waals surface area contributed by atoms with Crippen LogP contribution in [0.3, 0.4) is 0 Å². The van der Waals surface area contributed by atoms with Crippen molar-refractivity contribution in [3.05, 3.63) is 63.2 Å². The Bertz CT molecular complexity index is 1220. The molecular weight excluding hydrogens is 574 g/mol. The Morgan fingerprint density at radius 1 is 0.860 bits per heavy atom. The Morgan fingerprint density at radius 3 is 1.98 bits per heavy atom. The summed E-state index contributed by atoms with van der Waals surface area (Å²) >= 11 is 0. The lowest BCUT2D eigenvalue weighted by atomic mass is 10.1. The summed E-state index contributed by atoms with van der Waals surface area (Å²) in [7, 11) is 1.79. The Kier molecular flexibility index (Phi) is 13.6. The molecule has 43 heavy (non-hydrogen) atoms. The second kappa shape index (κ2) is 16.4. The van der Waals surface area contributed by atoms with Crippen molar-refractivity contribution >= 4 is 17.1 Å². The van der Waals surface area contributed by atoms with Crippen molar-refractivity contribution in [1.29, 1.82) is 5.26 Å². The van der Waals surface area contributed by atoms with Crippen LogP contribution in [0.2, 0.25) is 0 Å². The topological polar surface area (TPSA) is 73.4 Å². The van der Waals surface area contributed by atoms with E-state index in [9.17, 15) is 36.5 Å². The van der Waals surface area contributed by atoms with Crippen LogP contribution in [0.5, 0.6) is 0 Å². The van der Waals surface area contributed by atoms with E-state index in [-0.39, 0.29) is 5.56 Å². The number of halogens is 6. The van der Waals surface area contributed by atoms with Gasteiger partial charge in [0.2, 0.25) is 0 Å². The fourth-order valence-electron chi connectivity index (χ4n) is 4.67. The van der Waals surface area contributed by atoms with Crippen molar-refractivity contribution < 1.29 is 31.3 Å². The fourth-order valence-corrected chi connectivity index (χ4v) is 4.67. The highest BCUT2D eigenvalue weighted by Gasteiger charge is 2.39. The van der Waals surface area contributed by atoms with Crippen LogP contribution in [-0.4, -0.2) is 31.6 Å². The predicted molar refractivity (Wildman–Crippen MR) is 156 cm³/mol. The number of rotatable bonds is 14.